The molecular weight excluding hydrogens is 318 g/mol. The molecule has 6 heteroatoms. The van der Waals surface area contributed by atoms with E-state index in [2.05, 4.69) is 10.6 Å². The average Bonchev–Trinajstić information content (AvgIpc) is 2.60. The van der Waals surface area contributed by atoms with Crippen molar-refractivity contribution in [3.63, 3.8) is 0 Å². The van der Waals surface area contributed by atoms with Crippen LogP contribution in [0.15, 0.2) is 54.6 Å². The van der Waals surface area contributed by atoms with Crippen molar-refractivity contribution in [2.75, 3.05) is 11.9 Å². The van der Waals surface area contributed by atoms with Crippen LogP contribution >= 0.6 is 0 Å². The number of amides is 2. The largest absolute Gasteiger partial charge is 0.457 e. The van der Waals surface area contributed by atoms with Crippen molar-refractivity contribution >= 4 is 17.5 Å². The van der Waals surface area contributed by atoms with E-state index >= 15 is 0 Å². The van der Waals surface area contributed by atoms with Gasteiger partial charge in [-0.05, 0) is 30.2 Å². The Labute approximate surface area is 147 Å². The lowest BCUT2D eigenvalue weighted by atomic mass is 10.1. The van der Waals surface area contributed by atoms with E-state index in [4.69, 9.17) is 10.5 Å². The van der Waals surface area contributed by atoms with E-state index in [1.807, 2.05) is 44.2 Å². The van der Waals surface area contributed by atoms with Gasteiger partial charge in [0.1, 0.15) is 11.5 Å². The number of hydrogen-bond acceptors (Lipinski definition) is 4. The summed E-state index contributed by atoms with van der Waals surface area (Å²) >= 11 is 0. The van der Waals surface area contributed by atoms with Gasteiger partial charge < -0.3 is 21.1 Å². The highest BCUT2D eigenvalue weighted by molar-refractivity contribution is 5.95. The molecule has 0 unspecified atom stereocenters. The smallest absolute Gasteiger partial charge is 0.243 e. The van der Waals surface area contributed by atoms with Crippen molar-refractivity contribution in [3.8, 4) is 11.5 Å². The van der Waals surface area contributed by atoms with E-state index in [-0.39, 0.29) is 24.3 Å². The van der Waals surface area contributed by atoms with Gasteiger partial charge >= 0.3 is 0 Å². The third-order valence-electron chi connectivity index (χ3n) is 3.54. The molecule has 2 rings (SSSR count). The van der Waals surface area contributed by atoms with Crippen LogP contribution in [-0.2, 0) is 9.59 Å². The fourth-order valence-electron chi connectivity index (χ4n) is 2.06. The molecule has 0 aliphatic rings. The number of para-hydroxylation sites is 1. The van der Waals surface area contributed by atoms with Crippen LogP contribution in [0.2, 0.25) is 0 Å². The number of hydrogen-bond donors (Lipinski definition) is 3. The number of carbonyl (C=O) groups excluding carboxylic acids is 2. The van der Waals surface area contributed by atoms with E-state index in [0.717, 1.165) is 0 Å². The molecule has 2 amide bonds. The minimum Gasteiger partial charge on any atom is -0.457 e. The predicted octanol–water partition coefficient (Wildman–Crippen LogP) is 2.52. The molecule has 0 bridgehead atoms. The second-order valence-electron chi connectivity index (χ2n) is 5.98. The van der Waals surface area contributed by atoms with Gasteiger partial charge in [-0.25, -0.2) is 0 Å². The van der Waals surface area contributed by atoms with Crippen molar-refractivity contribution in [2.24, 2.45) is 11.7 Å². The molecule has 2 aromatic carbocycles. The summed E-state index contributed by atoms with van der Waals surface area (Å²) in [5.74, 6) is 0.651. The molecule has 6 nitrogen and oxygen atoms in total. The predicted molar refractivity (Wildman–Crippen MR) is 97.4 cm³/mol. The maximum atomic E-state index is 12.0. The van der Waals surface area contributed by atoms with E-state index < -0.39 is 6.04 Å². The van der Waals surface area contributed by atoms with E-state index in [1.165, 1.54) is 0 Å². The Morgan fingerprint density at radius 3 is 2.40 bits per heavy atom. The molecule has 0 aromatic heterocycles. The normalized spacial score (nSPS) is 11.7. The monoisotopic (exact) mass is 341 g/mol. The second-order valence-corrected chi connectivity index (χ2v) is 5.98. The van der Waals surface area contributed by atoms with Gasteiger partial charge in [-0.2, -0.15) is 0 Å². The van der Waals surface area contributed by atoms with Gasteiger partial charge in [0, 0.05) is 11.8 Å². The molecule has 0 saturated heterocycles. The Kier molecular flexibility index (Phi) is 6.54. The van der Waals surface area contributed by atoms with Crippen LogP contribution in [0.4, 0.5) is 5.69 Å². The summed E-state index contributed by atoms with van der Waals surface area (Å²) in [5, 5.41) is 5.25. The van der Waals surface area contributed by atoms with Gasteiger partial charge in [-0.15, -0.1) is 0 Å². The maximum absolute atomic E-state index is 12.0. The van der Waals surface area contributed by atoms with Crippen LogP contribution in [0.1, 0.15) is 13.8 Å². The molecule has 0 saturated carbocycles. The van der Waals surface area contributed by atoms with Gasteiger partial charge in [0.15, 0.2) is 0 Å². The summed E-state index contributed by atoms with van der Waals surface area (Å²) in [6, 6.07) is 15.8. The van der Waals surface area contributed by atoms with Gasteiger partial charge in [0.2, 0.25) is 11.8 Å². The Morgan fingerprint density at radius 1 is 1.04 bits per heavy atom. The van der Waals surface area contributed by atoms with Crippen LogP contribution in [0, 0.1) is 5.92 Å². The zero-order valence-corrected chi connectivity index (χ0v) is 14.4. The van der Waals surface area contributed by atoms with Crippen LogP contribution < -0.4 is 21.1 Å². The lowest BCUT2D eigenvalue weighted by Gasteiger charge is -2.15. The number of rotatable bonds is 7. The lowest BCUT2D eigenvalue weighted by Crippen LogP contribution is -2.46. The average molecular weight is 341 g/mol. The summed E-state index contributed by atoms with van der Waals surface area (Å²) < 4.78 is 5.72. The van der Waals surface area contributed by atoms with Crippen LogP contribution in [0.3, 0.4) is 0 Å². The van der Waals surface area contributed by atoms with Crippen molar-refractivity contribution in [1.82, 2.24) is 5.32 Å². The minimum absolute atomic E-state index is 0.00915. The maximum Gasteiger partial charge on any atom is 0.243 e. The molecule has 0 spiro atoms. The molecule has 1 atom stereocenters. The third kappa shape index (κ3) is 5.93. The van der Waals surface area contributed by atoms with Crippen LogP contribution in [0.25, 0.3) is 0 Å². The minimum atomic E-state index is -0.629. The summed E-state index contributed by atoms with van der Waals surface area (Å²) in [5.41, 5.74) is 6.32. The zero-order valence-electron chi connectivity index (χ0n) is 14.4. The Bertz CT molecular complexity index is 717. The first-order chi connectivity index (χ1) is 12.0. The molecule has 132 valence electrons. The van der Waals surface area contributed by atoms with Gasteiger partial charge in [-0.3, -0.25) is 9.59 Å². The molecular formula is C19H23N3O3. The Balaban J connectivity index is 1.89. The molecule has 0 aliphatic heterocycles. The number of nitrogens with two attached hydrogens (primary N) is 1. The summed E-state index contributed by atoms with van der Waals surface area (Å²) in [6.07, 6.45) is 0. The summed E-state index contributed by atoms with van der Waals surface area (Å²) in [4.78, 5) is 23.7. The third-order valence-corrected chi connectivity index (χ3v) is 3.54. The second kappa shape index (κ2) is 8.84. The molecule has 25 heavy (non-hydrogen) atoms. The van der Waals surface area contributed by atoms with E-state index in [1.54, 1.807) is 24.3 Å². The van der Waals surface area contributed by atoms with Gasteiger partial charge in [0.05, 0.1) is 12.6 Å². The fraction of sp³-hybridized carbons (Fsp3) is 0.263. The first-order valence-electron chi connectivity index (χ1n) is 8.12. The van der Waals surface area contributed by atoms with Crippen molar-refractivity contribution in [3.05, 3.63) is 54.6 Å². The molecule has 0 heterocycles. The molecule has 2 aromatic rings. The topological polar surface area (TPSA) is 93.5 Å². The van der Waals surface area contributed by atoms with E-state index in [9.17, 15) is 9.59 Å². The van der Waals surface area contributed by atoms with E-state index in [0.29, 0.717) is 17.2 Å². The highest BCUT2D eigenvalue weighted by atomic mass is 16.5. The Morgan fingerprint density at radius 2 is 1.72 bits per heavy atom. The quantitative estimate of drug-likeness (QED) is 0.721. The Hall–Kier alpha value is -2.86. The highest BCUT2D eigenvalue weighted by Gasteiger charge is 2.17. The van der Waals surface area contributed by atoms with Crippen molar-refractivity contribution in [1.29, 1.82) is 0 Å². The zero-order chi connectivity index (χ0) is 18.2. The SMILES string of the molecule is CC(C)[C@H](N)C(=O)NCC(=O)Nc1cccc(Oc2ccccc2)c1. The van der Waals surface area contributed by atoms with Crippen molar-refractivity contribution in [2.45, 2.75) is 19.9 Å². The number of ether oxygens (including phenoxy) is 1. The van der Waals surface area contributed by atoms with Crippen LogP contribution in [-0.4, -0.2) is 24.4 Å². The molecule has 0 aliphatic carbocycles. The number of nitrogens with one attached hydrogen (secondary N) is 2. The summed E-state index contributed by atoms with van der Waals surface area (Å²) in [6.45, 7) is 3.56. The summed E-state index contributed by atoms with van der Waals surface area (Å²) in [7, 11) is 0. The lowest BCUT2D eigenvalue weighted by molar-refractivity contribution is -0.125. The standard InChI is InChI=1S/C19H23N3O3/c1-13(2)18(20)19(24)21-12-17(23)22-14-7-6-10-16(11-14)25-15-8-4-3-5-9-15/h3-11,13,18H,12,20H2,1-2H3,(H,21,24)(H,22,23)/t18-/m0/s1. The highest BCUT2D eigenvalue weighted by Crippen LogP contribution is 2.23. The number of benzene rings is 2. The molecule has 0 radical (unpaired) electrons. The molecule has 4 N–H and O–H groups in total. The van der Waals surface area contributed by atoms with Crippen LogP contribution in [0.5, 0.6) is 11.5 Å². The van der Waals surface area contributed by atoms with Gasteiger partial charge in [0.25, 0.3) is 0 Å². The first-order valence-corrected chi connectivity index (χ1v) is 8.12. The number of anilines is 1. The fourth-order valence-corrected chi connectivity index (χ4v) is 2.06. The van der Waals surface area contributed by atoms with Gasteiger partial charge in [-0.1, -0.05) is 38.1 Å². The van der Waals surface area contributed by atoms with Crippen molar-refractivity contribution < 1.29 is 14.3 Å². The molecule has 0 fully saturated rings. The first kappa shape index (κ1) is 18.5. The number of carbonyl (C=O) groups is 2.